The molecule has 0 atom stereocenters. The third kappa shape index (κ3) is 4.18. The van der Waals surface area contributed by atoms with Gasteiger partial charge in [-0.2, -0.15) is 0 Å². The molecule has 4 nitrogen and oxygen atoms in total. The average Bonchev–Trinajstić information content (AvgIpc) is 3.13. The summed E-state index contributed by atoms with van der Waals surface area (Å²) in [5, 5.41) is 10.5. The van der Waals surface area contributed by atoms with Crippen molar-refractivity contribution in [1.82, 2.24) is 9.55 Å². The lowest BCUT2D eigenvalue weighted by Gasteiger charge is -2.12. The van der Waals surface area contributed by atoms with E-state index in [1.165, 1.54) is 18.4 Å². The van der Waals surface area contributed by atoms with Crippen LogP contribution < -0.4 is 4.74 Å². The van der Waals surface area contributed by atoms with E-state index in [2.05, 4.69) is 54.8 Å². The second-order valence-electron chi connectivity index (χ2n) is 7.69. The third-order valence-corrected chi connectivity index (χ3v) is 5.31. The van der Waals surface area contributed by atoms with Crippen LogP contribution in [-0.4, -0.2) is 21.3 Å². The van der Waals surface area contributed by atoms with Crippen molar-refractivity contribution in [3.63, 3.8) is 0 Å². The molecule has 4 heteroatoms. The number of phenolic OH excluding ortho intramolecular Hbond substituents is 1. The van der Waals surface area contributed by atoms with Crippen molar-refractivity contribution >= 4 is 11.0 Å². The van der Waals surface area contributed by atoms with Gasteiger partial charge in [0.25, 0.3) is 0 Å². The first-order valence-electron chi connectivity index (χ1n) is 10.7. The van der Waals surface area contributed by atoms with Crippen LogP contribution in [0.2, 0.25) is 0 Å². The number of hydrogen-bond donors (Lipinski definition) is 1. The van der Waals surface area contributed by atoms with Gasteiger partial charge in [0.15, 0.2) is 11.5 Å². The average molecular weight is 401 g/mol. The van der Waals surface area contributed by atoms with Crippen LogP contribution in [0.3, 0.4) is 0 Å². The number of nitrogens with zero attached hydrogens (tertiary/aromatic N) is 2. The molecule has 0 aliphatic rings. The summed E-state index contributed by atoms with van der Waals surface area (Å²) >= 11 is 0. The highest BCUT2D eigenvalue weighted by Gasteiger charge is 2.17. The van der Waals surface area contributed by atoms with Crippen molar-refractivity contribution in [2.24, 2.45) is 0 Å². The standard InChI is InChI=1S/C26H28N2O2/c1-3-4-5-9-16-30-25-18-23-22(17-24(25)29)27-26(20-10-7-6-8-11-20)28(23)21-14-12-19(2)13-15-21/h6-8,10-15,17-18,29H,3-5,9,16H2,1-2H3. The fourth-order valence-electron chi connectivity index (χ4n) is 3.66. The zero-order valence-electron chi connectivity index (χ0n) is 17.6. The second kappa shape index (κ2) is 9.04. The molecule has 4 rings (SSSR count). The summed E-state index contributed by atoms with van der Waals surface area (Å²) in [7, 11) is 0. The molecule has 0 aliphatic carbocycles. The minimum Gasteiger partial charge on any atom is -0.504 e. The van der Waals surface area contributed by atoms with Gasteiger partial charge in [0, 0.05) is 23.4 Å². The van der Waals surface area contributed by atoms with E-state index in [-0.39, 0.29) is 5.75 Å². The Morgan fingerprint density at radius 1 is 0.933 bits per heavy atom. The third-order valence-electron chi connectivity index (χ3n) is 5.31. The van der Waals surface area contributed by atoms with Crippen LogP contribution in [0.25, 0.3) is 28.1 Å². The van der Waals surface area contributed by atoms with E-state index < -0.39 is 0 Å². The lowest BCUT2D eigenvalue weighted by Crippen LogP contribution is -1.99. The van der Waals surface area contributed by atoms with Gasteiger partial charge in [0.2, 0.25) is 0 Å². The van der Waals surface area contributed by atoms with E-state index in [0.29, 0.717) is 12.4 Å². The lowest BCUT2D eigenvalue weighted by molar-refractivity contribution is 0.290. The smallest absolute Gasteiger partial charge is 0.163 e. The Labute approximate surface area is 177 Å². The van der Waals surface area contributed by atoms with Crippen molar-refractivity contribution in [3.05, 3.63) is 72.3 Å². The summed E-state index contributed by atoms with van der Waals surface area (Å²) in [5.41, 5.74) is 4.92. The van der Waals surface area contributed by atoms with Crippen molar-refractivity contribution < 1.29 is 9.84 Å². The van der Waals surface area contributed by atoms with Crippen LogP contribution in [0.5, 0.6) is 11.5 Å². The maximum atomic E-state index is 10.5. The molecular weight excluding hydrogens is 372 g/mol. The summed E-state index contributed by atoms with van der Waals surface area (Å²) in [4.78, 5) is 4.85. The van der Waals surface area contributed by atoms with Crippen LogP contribution in [0.1, 0.15) is 38.2 Å². The molecule has 3 aromatic carbocycles. The van der Waals surface area contributed by atoms with E-state index in [9.17, 15) is 5.11 Å². The van der Waals surface area contributed by atoms with E-state index >= 15 is 0 Å². The Kier molecular flexibility index (Phi) is 6.03. The van der Waals surface area contributed by atoms with Gasteiger partial charge in [-0.15, -0.1) is 0 Å². The number of phenols is 1. The topological polar surface area (TPSA) is 47.3 Å². The number of fused-ring (bicyclic) bond motifs is 1. The molecule has 0 aliphatic heterocycles. The molecule has 0 saturated carbocycles. The van der Waals surface area contributed by atoms with Gasteiger partial charge in [0.05, 0.1) is 17.6 Å². The van der Waals surface area contributed by atoms with Gasteiger partial charge in [0.1, 0.15) is 5.82 Å². The van der Waals surface area contributed by atoms with Gasteiger partial charge in [-0.25, -0.2) is 4.98 Å². The number of ether oxygens (including phenoxy) is 1. The van der Waals surface area contributed by atoms with Crippen LogP contribution in [0, 0.1) is 6.92 Å². The molecule has 0 bridgehead atoms. The maximum absolute atomic E-state index is 10.5. The summed E-state index contributed by atoms with van der Waals surface area (Å²) in [6.07, 6.45) is 4.51. The quantitative estimate of drug-likeness (QED) is 0.336. The Bertz CT molecular complexity index is 1120. The number of aryl methyl sites for hydroxylation is 1. The predicted octanol–water partition coefficient (Wildman–Crippen LogP) is 6.67. The zero-order valence-corrected chi connectivity index (χ0v) is 17.6. The highest BCUT2D eigenvalue weighted by Crippen LogP contribution is 2.36. The Morgan fingerprint density at radius 2 is 1.70 bits per heavy atom. The minimum atomic E-state index is 0.131. The molecule has 0 fully saturated rings. The first-order valence-corrected chi connectivity index (χ1v) is 10.7. The monoisotopic (exact) mass is 400 g/mol. The minimum absolute atomic E-state index is 0.131. The van der Waals surface area contributed by atoms with E-state index in [1.54, 1.807) is 6.07 Å². The van der Waals surface area contributed by atoms with Gasteiger partial charge in [-0.1, -0.05) is 74.2 Å². The molecule has 1 aromatic heterocycles. The molecule has 0 amide bonds. The summed E-state index contributed by atoms with van der Waals surface area (Å²) < 4.78 is 8.06. The van der Waals surface area contributed by atoms with Gasteiger partial charge in [-0.05, 0) is 25.5 Å². The van der Waals surface area contributed by atoms with Crippen LogP contribution in [0.4, 0.5) is 0 Å². The number of hydrogen-bond acceptors (Lipinski definition) is 3. The van der Waals surface area contributed by atoms with Crippen LogP contribution >= 0.6 is 0 Å². The van der Waals surface area contributed by atoms with Gasteiger partial charge >= 0.3 is 0 Å². The molecule has 154 valence electrons. The number of unbranched alkanes of at least 4 members (excludes halogenated alkanes) is 3. The molecule has 0 spiro atoms. The zero-order chi connectivity index (χ0) is 20.9. The molecule has 4 aromatic rings. The van der Waals surface area contributed by atoms with E-state index in [0.717, 1.165) is 41.0 Å². The largest absolute Gasteiger partial charge is 0.504 e. The van der Waals surface area contributed by atoms with Gasteiger partial charge in [-0.3, -0.25) is 4.57 Å². The van der Waals surface area contributed by atoms with Crippen molar-refractivity contribution in [2.75, 3.05) is 6.61 Å². The first kappa shape index (κ1) is 20.0. The van der Waals surface area contributed by atoms with Gasteiger partial charge < -0.3 is 9.84 Å². The number of benzene rings is 3. The highest BCUT2D eigenvalue weighted by atomic mass is 16.5. The molecule has 30 heavy (non-hydrogen) atoms. The SMILES string of the molecule is CCCCCCOc1cc2c(cc1O)nc(-c1ccccc1)n2-c1ccc(C)cc1. The van der Waals surface area contributed by atoms with Crippen molar-refractivity contribution in [1.29, 1.82) is 0 Å². The van der Waals surface area contributed by atoms with Crippen molar-refractivity contribution in [3.8, 4) is 28.6 Å². The summed E-state index contributed by atoms with van der Waals surface area (Å²) in [6, 6.07) is 22.1. The van der Waals surface area contributed by atoms with Crippen molar-refractivity contribution in [2.45, 2.75) is 39.5 Å². The second-order valence-corrected chi connectivity index (χ2v) is 7.69. The fourth-order valence-corrected chi connectivity index (χ4v) is 3.66. The Balaban J connectivity index is 1.79. The number of aromatic hydroxyl groups is 1. The Morgan fingerprint density at radius 3 is 2.43 bits per heavy atom. The molecule has 0 unspecified atom stereocenters. The van der Waals surface area contributed by atoms with E-state index in [4.69, 9.17) is 9.72 Å². The highest BCUT2D eigenvalue weighted by molar-refractivity contribution is 5.86. The maximum Gasteiger partial charge on any atom is 0.163 e. The summed E-state index contributed by atoms with van der Waals surface area (Å²) in [5.74, 6) is 1.48. The summed E-state index contributed by atoms with van der Waals surface area (Å²) in [6.45, 7) is 4.87. The van der Waals surface area contributed by atoms with E-state index in [1.807, 2.05) is 24.3 Å². The molecule has 0 radical (unpaired) electrons. The predicted molar refractivity (Wildman–Crippen MR) is 123 cm³/mol. The fraction of sp³-hybridized carbons (Fsp3) is 0.269. The lowest BCUT2D eigenvalue weighted by atomic mass is 10.2. The normalized spacial score (nSPS) is 11.1. The van der Waals surface area contributed by atoms with Crippen LogP contribution in [0.15, 0.2) is 66.7 Å². The Hall–Kier alpha value is -3.27. The van der Waals surface area contributed by atoms with Crippen LogP contribution in [-0.2, 0) is 0 Å². The molecule has 1 N–H and O–H groups in total. The number of rotatable bonds is 8. The molecular formula is C26H28N2O2. The molecule has 1 heterocycles. The molecule has 0 saturated heterocycles. The first-order chi connectivity index (χ1) is 14.7. The number of aromatic nitrogens is 2. The number of imidazole rings is 1.